The van der Waals surface area contributed by atoms with Crippen LogP contribution in [-0.2, 0) is 5.33 Å². The lowest BCUT2D eigenvalue weighted by Crippen LogP contribution is -1.93. The van der Waals surface area contributed by atoms with Gasteiger partial charge in [0.25, 0.3) is 0 Å². The van der Waals surface area contributed by atoms with Crippen molar-refractivity contribution < 1.29 is 4.74 Å². The monoisotopic (exact) mass is 324 g/mol. The second-order valence-electron chi connectivity index (χ2n) is 4.16. The molecule has 0 atom stereocenters. The highest BCUT2D eigenvalue weighted by atomic mass is 79.9. The molecule has 0 saturated heterocycles. The summed E-state index contributed by atoms with van der Waals surface area (Å²) in [7, 11) is 0. The van der Waals surface area contributed by atoms with Crippen LogP contribution >= 0.6 is 27.5 Å². The largest absolute Gasteiger partial charge is 0.455 e. The number of hydrogen-bond acceptors (Lipinski definition) is 1. The highest BCUT2D eigenvalue weighted by molar-refractivity contribution is 9.08. The van der Waals surface area contributed by atoms with Crippen LogP contribution in [0, 0.1) is 13.8 Å². The topological polar surface area (TPSA) is 9.23 Å². The van der Waals surface area contributed by atoms with Crippen molar-refractivity contribution >= 4 is 27.5 Å². The average Bonchev–Trinajstić information content (AvgIpc) is 2.37. The molecule has 2 aromatic rings. The van der Waals surface area contributed by atoms with Crippen LogP contribution in [0.15, 0.2) is 36.4 Å². The van der Waals surface area contributed by atoms with Gasteiger partial charge in [-0.15, -0.1) is 0 Å². The van der Waals surface area contributed by atoms with Gasteiger partial charge in [-0.25, -0.2) is 0 Å². The van der Waals surface area contributed by atoms with Crippen LogP contribution in [0.2, 0.25) is 5.02 Å². The molecule has 0 spiro atoms. The van der Waals surface area contributed by atoms with Crippen molar-refractivity contribution in [3.05, 3.63) is 58.1 Å². The quantitative estimate of drug-likeness (QED) is 0.663. The lowest BCUT2D eigenvalue weighted by Gasteiger charge is -2.14. The van der Waals surface area contributed by atoms with Crippen LogP contribution in [0.25, 0.3) is 0 Å². The first-order chi connectivity index (χ1) is 8.63. The Balaban J connectivity index is 2.43. The summed E-state index contributed by atoms with van der Waals surface area (Å²) >= 11 is 9.65. The fraction of sp³-hybridized carbons (Fsp3) is 0.200. The molecular weight excluding hydrogens is 312 g/mol. The smallest absolute Gasteiger partial charge is 0.150 e. The SMILES string of the molecule is Cc1cccc(Oc2c(Cl)cccc2CBr)c1C. The van der Waals surface area contributed by atoms with E-state index in [2.05, 4.69) is 35.8 Å². The van der Waals surface area contributed by atoms with Crippen molar-refractivity contribution in [3.63, 3.8) is 0 Å². The molecule has 94 valence electrons. The van der Waals surface area contributed by atoms with E-state index in [0.29, 0.717) is 10.4 Å². The molecule has 2 aromatic carbocycles. The zero-order valence-corrected chi connectivity index (χ0v) is 12.7. The molecule has 0 aromatic heterocycles. The lowest BCUT2D eigenvalue weighted by atomic mass is 10.1. The van der Waals surface area contributed by atoms with E-state index in [1.165, 1.54) is 5.56 Å². The molecule has 0 amide bonds. The molecule has 3 heteroatoms. The maximum Gasteiger partial charge on any atom is 0.150 e. The van der Waals surface area contributed by atoms with Crippen LogP contribution in [0.3, 0.4) is 0 Å². The van der Waals surface area contributed by atoms with Gasteiger partial charge in [0.05, 0.1) is 5.02 Å². The second kappa shape index (κ2) is 5.77. The van der Waals surface area contributed by atoms with Crippen LogP contribution in [0.1, 0.15) is 16.7 Å². The van der Waals surface area contributed by atoms with E-state index >= 15 is 0 Å². The first kappa shape index (κ1) is 13.4. The summed E-state index contributed by atoms with van der Waals surface area (Å²) in [6.45, 7) is 4.12. The van der Waals surface area contributed by atoms with Crippen LogP contribution in [0.5, 0.6) is 11.5 Å². The van der Waals surface area contributed by atoms with Crippen molar-refractivity contribution in [2.75, 3.05) is 0 Å². The third-order valence-corrected chi connectivity index (χ3v) is 3.86. The second-order valence-corrected chi connectivity index (χ2v) is 5.13. The highest BCUT2D eigenvalue weighted by Crippen LogP contribution is 2.35. The fourth-order valence-electron chi connectivity index (χ4n) is 1.72. The summed E-state index contributed by atoms with van der Waals surface area (Å²) in [4.78, 5) is 0. The van der Waals surface area contributed by atoms with Gasteiger partial charge in [-0.3, -0.25) is 0 Å². The third kappa shape index (κ3) is 2.70. The summed E-state index contributed by atoms with van der Waals surface area (Å²) in [5, 5.41) is 1.35. The maximum absolute atomic E-state index is 6.20. The Hall–Kier alpha value is -0.990. The molecule has 0 unspecified atom stereocenters. The van der Waals surface area contributed by atoms with E-state index in [-0.39, 0.29) is 0 Å². The van der Waals surface area contributed by atoms with Crippen LogP contribution in [0.4, 0.5) is 0 Å². The van der Waals surface area contributed by atoms with Gasteiger partial charge in [-0.05, 0) is 37.1 Å². The van der Waals surface area contributed by atoms with Crippen molar-refractivity contribution in [2.45, 2.75) is 19.2 Å². The number of halogens is 2. The molecule has 0 saturated carbocycles. The number of hydrogen-bond donors (Lipinski definition) is 0. The number of para-hydroxylation sites is 1. The summed E-state index contributed by atoms with van der Waals surface area (Å²) in [5.41, 5.74) is 3.39. The molecule has 0 fully saturated rings. The third-order valence-electron chi connectivity index (χ3n) is 2.96. The number of aryl methyl sites for hydroxylation is 1. The molecule has 0 bridgehead atoms. The minimum absolute atomic E-state index is 0.632. The Bertz CT molecular complexity index is 566. The molecule has 0 aliphatic carbocycles. The van der Waals surface area contributed by atoms with Crippen LogP contribution in [-0.4, -0.2) is 0 Å². The number of benzene rings is 2. The van der Waals surface area contributed by atoms with Crippen molar-refractivity contribution in [1.82, 2.24) is 0 Å². The van der Waals surface area contributed by atoms with E-state index in [1.54, 1.807) is 0 Å². The molecular formula is C15H14BrClO. The highest BCUT2D eigenvalue weighted by Gasteiger charge is 2.10. The summed E-state index contributed by atoms with van der Waals surface area (Å²) < 4.78 is 5.98. The van der Waals surface area contributed by atoms with Gasteiger partial charge in [0.15, 0.2) is 0 Å². The van der Waals surface area contributed by atoms with Gasteiger partial charge in [-0.1, -0.05) is 51.8 Å². The van der Waals surface area contributed by atoms with Gasteiger partial charge in [0.2, 0.25) is 0 Å². The fourth-order valence-corrected chi connectivity index (χ4v) is 2.39. The summed E-state index contributed by atoms with van der Waals surface area (Å²) in [6, 6.07) is 11.8. The number of alkyl halides is 1. The van der Waals surface area contributed by atoms with Crippen molar-refractivity contribution in [3.8, 4) is 11.5 Å². The van der Waals surface area contributed by atoms with Crippen molar-refractivity contribution in [1.29, 1.82) is 0 Å². The summed E-state index contributed by atoms with van der Waals surface area (Å²) in [5.74, 6) is 1.58. The van der Waals surface area contributed by atoms with Gasteiger partial charge in [0.1, 0.15) is 11.5 Å². The molecule has 18 heavy (non-hydrogen) atoms. The Morgan fingerprint density at radius 3 is 2.56 bits per heavy atom. The molecule has 1 nitrogen and oxygen atoms in total. The maximum atomic E-state index is 6.20. The first-order valence-corrected chi connectivity index (χ1v) is 7.21. The van der Waals surface area contributed by atoms with E-state index in [0.717, 1.165) is 22.6 Å². The number of ether oxygens (including phenoxy) is 1. The van der Waals surface area contributed by atoms with E-state index in [4.69, 9.17) is 16.3 Å². The van der Waals surface area contributed by atoms with Gasteiger partial charge in [0, 0.05) is 10.9 Å². The Labute approximate surface area is 121 Å². The number of rotatable bonds is 3. The van der Waals surface area contributed by atoms with E-state index in [9.17, 15) is 0 Å². The van der Waals surface area contributed by atoms with E-state index < -0.39 is 0 Å². The minimum atomic E-state index is 0.632. The van der Waals surface area contributed by atoms with E-state index in [1.807, 2.05) is 30.3 Å². The molecule has 0 heterocycles. The van der Waals surface area contributed by atoms with Gasteiger partial charge >= 0.3 is 0 Å². The Kier molecular flexibility index (Phi) is 4.31. The standard InChI is InChI=1S/C15H14BrClO/c1-10-5-3-8-14(11(10)2)18-15-12(9-16)6-4-7-13(15)17/h3-8H,9H2,1-2H3. The Morgan fingerprint density at radius 2 is 1.83 bits per heavy atom. The van der Waals surface area contributed by atoms with Gasteiger partial charge < -0.3 is 4.74 Å². The molecule has 2 rings (SSSR count). The lowest BCUT2D eigenvalue weighted by molar-refractivity contribution is 0.474. The molecule has 0 radical (unpaired) electrons. The zero-order valence-electron chi connectivity index (χ0n) is 10.3. The molecule has 0 aliphatic heterocycles. The predicted octanol–water partition coefficient (Wildman–Crippen LogP) is 5.64. The molecule has 0 N–H and O–H groups in total. The normalized spacial score (nSPS) is 10.4. The predicted molar refractivity (Wildman–Crippen MR) is 80.1 cm³/mol. The summed E-state index contributed by atoms with van der Waals surface area (Å²) in [6.07, 6.45) is 0. The minimum Gasteiger partial charge on any atom is -0.455 e. The average molecular weight is 326 g/mol. The zero-order chi connectivity index (χ0) is 13.1. The Morgan fingerprint density at radius 1 is 1.11 bits per heavy atom. The van der Waals surface area contributed by atoms with Crippen LogP contribution < -0.4 is 4.74 Å². The van der Waals surface area contributed by atoms with Gasteiger partial charge in [-0.2, -0.15) is 0 Å². The molecule has 0 aliphatic rings. The first-order valence-electron chi connectivity index (χ1n) is 5.71. The van der Waals surface area contributed by atoms with Crippen molar-refractivity contribution in [2.24, 2.45) is 0 Å².